The van der Waals surface area contributed by atoms with Crippen LogP contribution in [-0.4, -0.2) is 24.1 Å². The lowest BCUT2D eigenvalue weighted by Crippen LogP contribution is -2.41. The van der Waals surface area contributed by atoms with Crippen LogP contribution in [0.1, 0.15) is 55.6 Å². The molecule has 120 valence electrons. The molecule has 3 heteroatoms. The van der Waals surface area contributed by atoms with E-state index < -0.39 is 0 Å². The summed E-state index contributed by atoms with van der Waals surface area (Å²) < 4.78 is 0. The number of nitrogens with zero attached hydrogens (tertiary/aromatic N) is 1. The zero-order valence-electron chi connectivity index (χ0n) is 13.7. The number of carbonyl (C=O) groups excluding carboxylic acids is 1. The lowest BCUT2D eigenvalue weighted by Gasteiger charge is -2.32. The number of allylic oxidation sites excluding steroid dienone is 2. The lowest BCUT2D eigenvalue weighted by atomic mass is 9.81. The van der Waals surface area contributed by atoms with Crippen molar-refractivity contribution in [3.8, 4) is 0 Å². The van der Waals surface area contributed by atoms with Crippen LogP contribution in [0.3, 0.4) is 0 Å². The number of carbonyl (C=O) groups is 1. The van der Waals surface area contributed by atoms with Gasteiger partial charge in [-0.15, -0.1) is 0 Å². The second kappa shape index (κ2) is 5.95. The molecule has 1 aliphatic heterocycles. The molecule has 2 aliphatic carbocycles. The third-order valence-corrected chi connectivity index (χ3v) is 5.51. The van der Waals surface area contributed by atoms with Gasteiger partial charge in [0.15, 0.2) is 5.78 Å². The normalized spacial score (nSPS) is 30.3. The van der Waals surface area contributed by atoms with Gasteiger partial charge in [0.05, 0.1) is 11.6 Å². The van der Waals surface area contributed by atoms with Gasteiger partial charge in [0.2, 0.25) is 0 Å². The van der Waals surface area contributed by atoms with Crippen LogP contribution in [-0.2, 0) is 4.79 Å². The minimum absolute atomic E-state index is 0.243. The highest BCUT2D eigenvalue weighted by atomic mass is 16.1. The highest BCUT2D eigenvalue weighted by Gasteiger charge is 2.33. The van der Waals surface area contributed by atoms with Gasteiger partial charge < -0.3 is 5.32 Å². The SMILES string of the molecule is Cc1cccc(C2CC(=O)C3=C(C2)NC2CCCCC2N=C3)c1. The maximum absolute atomic E-state index is 12.7. The summed E-state index contributed by atoms with van der Waals surface area (Å²) in [4.78, 5) is 17.4. The van der Waals surface area contributed by atoms with E-state index in [9.17, 15) is 4.79 Å². The Morgan fingerprint density at radius 1 is 1.17 bits per heavy atom. The first-order chi connectivity index (χ1) is 11.2. The molecule has 3 aliphatic rings. The van der Waals surface area contributed by atoms with E-state index in [4.69, 9.17) is 4.99 Å². The molecular weight excluding hydrogens is 284 g/mol. The number of fused-ring (bicyclic) bond motifs is 1. The van der Waals surface area contributed by atoms with Crippen LogP contribution < -0.4 is 5.32 Å². The van der Waals surface area contributed by atoms with E-state index in [1.165, 1.54) is 30.4 Å². The number of nitrogens with one attached hydrogen (secondary N) is 1. The Morgan fingerprint density at radius 3 is 2.91 bits per heavy atom. The zero-order chi connectivity index (χ0) is 15.8. The van der Waals surface area contributed by atoms with Gasteiger partial charge >= 0.3 is 0 Å². The Hall–Kier alpha value is -1.90. The molecule has 1 aromatic carbocycles. The summed E-state index contributed by atoms with van der Waals surface area (Å²) in [6.45, 7) is 2.11. The molecule has 3 unspecified atom stereocenters. The fraction of sp³-hybridized carbons (Fsp3) is 0.500. The number of Topliss-reactive ketones (excluding diaryl/α,β-unsaturated/α-hetero) is 1. The molecular formula is C20H24N2O. The maximum atomic E-state index is 12.7. The number of ketones is 1. The molecule has 0 saturated heterocycles. The molecule has 1 fully saturated rings. The summed E-state index contributed by atoms with van der Waals surface area (Å²) in [5.41, 5.74) is 4.51. The number of aliphatic imine (C=N–C) groups is 1. The van der Waals surface area contributed by atoms with E-state index in [2.05, 4.69) is 36.5 Å². The van der Waals surface area contributed by atoms with Crippen molar-refractivity contribution in [2.45, 2.75) is 63.5 Å². The Kier molecular flexibility index (Phi) is 3.80. The molecule has 1 aromatic rings. The molecule has 0 radical (unpaired) electrons. The van der Waals surface area contributed by atoms with Crippen molar-refractivity contribution < 1.29 is 4.79 Å². The lowest BCUT2D eigenvalue weighted by molar-refractivity contribution is -0.115. The Morgan fingerprint density at radius 2 is 2.04 bits per heavy atom. The number of hydrogen-bond donors (Lipinski definition) is 1. The van der Waals surface area contributed by atoms with Gasteiger partial charge in [0.1, 0.15) is 0 Å². The van der Waals surface area contributed by atoms with Crippen LogP contribution in [0.4, 0.5) is 0 Å². The van der Waals surface area contributed by atoms with Gasteiger partial charge in [0.25, 0.3) is 0 Å². The predicted molar refractivity (Wildman–Crippen MR) is 92.9 cm³/mol. The van der Waals surface area contributed by atoms with Crippen LogP contribution in [0.2, 0.25) is 0 Å². The Balaban J connectivity index is 1.62. The van der Waals surface area contributed by atoms with Crippen molar-refractivity contribution in [1.82, 2.24) is 5.32 Å². The average Bonchev–Trinajstić information content (AvgIpc) is 2.74. The first kappa shape index (κ1) is 14.7. The third-order valence-electron chi connectivity index (χ3n) is 5.51. The molecule has 1 saturated carbocycles. The molecule has 0 bridgehead atoms. The summed E-state index contributed by atoms with van der Waals surface area (Å²) in [6.07, 6.45) is 8.23. The number of rotatable bonds is 1. The Labute approximate surface area is 137 Å². The van der Waals surface area contributed by atoms with E-state index in [0.717, 1.165) is 24.1 Å². The molecule has 4 rings (SSSR count). The summed E-state index contributed by atoms with van der Waals surface area (Å²) in [7, 11) is 0. The van der Waals surface area contributed by atoms with Crippen molar-refractivity contribution in [3.05, 3.63) is 46.7 Å². The van der Waals surface area contributed by atoms with Crippen molar-refractivity contribution >= 4 is 12.0 Å². The van der Waals surface area contributed by atoms with Crippen LogP contribution >= 0.6 is 0 Å². The maximum Gasteiger partial charge on any atom is 0.166 e. The largest absolute Gasteiger partial charge is 0.383 e. The number of aryl methyl sites for hydroxylation is 1. The standard InChI is InChI=1S/C20H24N2O/c1-13-5-4-6-14(9-13)15-10-19-16(20(23)11-15)12-21-17-7-2-3-8-18(17)22-19/h4-6,9,12,15,17-18,22H,2-3,7-8,10-11H2,1H3. The third kappa shape index (κ3) is 2.85. The topological polar surface area (TPSA) is 41.5 Å². The smallest absolute Gasteiger partial charge is 0.166 e. The second-order valence-electron chi connectivity index (χ2n) is 7.22. The number of hydrogen-bond acceptors (Lipinski definition) is 3. The summed E-state index contributed by atoms with van der Waals surface area (Å²) in [5, 5.41) is 3.70. The fourth-order valence-electron chi connectivity index (χ4n) is 4.23. The Bertz CT molecular complexity index is 689. The molecule has 3 nitrogen and oxygen atoms in total. The monoisotopic (exact) mass is 308 g/mol. The molecule has 0 aromatic heterocycles. The van der Waals surface area contributed by atoms with E-state index >= 15 is 0 Å². The van der Waals surface area contributed by atoms with E-state index in [1.54, 1.807) is 0 Å². The van der Waals surface area contributed by atoms with E-state index in [-0.39, 0.29) is 5.78 Å². The first-order valence-corrected chi connectivity index (χ1v) is 8.83. The molecule has 1 heterocycles. The van der Waals surface area contributed by atoms with Crippen molar-refractivity contribution in [3.63, 3.8) is 0 Å². The quantitative estimate of drug-likeness (QED) is 0.860. The van der Waals surface area contributed by atoms with Gasteiger partial charge in [-0.1, -0.05) is 42.7 Å². The predicted octanol–water partition coefficient (Wildman–Crippen LogP) is 3.68. The van der Waals surface area contributed by atoms with Gasteiger partial charge in [-0.3, -0.25) is 9.79 Å². The van der Waals surface area contributed by atoms with Gasteiger partial charge in [0, 0.05) is 24.4 Å². The van der Waals surface area contributed by atoms with Gasteiger partial charge in [-0.25, -0.2) is 0 Å². The average molecular weight is 308 g/mol. The van der Waals surface area contributed by atoms with Gasteiger partial charge in [-0.2, -0.15) is 0 Å². The summed E-state index contributed by atoms with van der Waals surface area (Å²) in [6, 6.07) is 9.35. The van der Waals surface area contributed by atoms with Crippen molar-refractivity contribution in [2.75, 3.05) is 0 Å². The molecule has 0 amide bonds. The van der Waals surface area contributed by atoms with Crippen LogP contribution in [0.5, 0.6) is 0 Å². The fourth-order valence-corrected chi connectivity index (χ4v) is 4.23. The molecule has 0 spiro atoms. The minimum atomic E-state index is 0.243. The highest BCUT2D eigenvalue weighted by Crippen LogP contribution is 2.36. The van der Waals surface area contributed by atoms with Crippen LogP contribution in [0, 0.1) is 6.92 Å². The summed E-state index contributed by atoms with van der Waals surface area (Å²) >= 11 is 0. The summed E-state index contributed by atoms with van der Waals surface area (Å²) in [5.74, 6) is 0.537. The molecule has 3 atom stereocenters. The van der Waals surface area contributed by atoms with Crippen molar-refractivity contribution in [1.29, 1.82) is 0 Å². The van der Waals surface area contributed by atoms with Gasteiger partial charge in [-0.05, 0) is 37.7 Å². The van der Waals surface area contributed by atoms with Crippen molar-refractivity contribution in [2.24, 2.45) is 4.99 Å². The van der Waals surface area contributed by atoms with Crippen LogP contribution in [0.15, 0.2) is 40.5 Å². The molecule has 23 heavy (non-hydrogen) atoms. The van der Waals surface area contributed by atoms with Crippen LogP contribution in [0.25, 0.3) is 0 Å². The van der Waals surface area contributed by atoms with E-state index in [0.29, 0.717) is 24.4 Å². The number of benzene rings is 1. The minimum Gasteiger partial charge on any atom is -0.383 e. The second-order valence-corrected chi connectivity index (χ2v) is 7.22. The van der Waals surface area contributed by atoms with E-state index in [1.807, 2.05) is 6.21 Å². The first-order valence-electron chi connectivity index (χ1n) is 8.83. The zero-order valence-corrected chi connectivity index (χ0v) is 13.7. The molecule has 1 N–H and O–H groups in total. The highest BCUT2D eigenvalue weighted by molar-refractivity contribution is 6.15.